The third kappa shape index (κ3) is 5.74. The number of amides is 1. The normalized spacial score (nSPS) is 12.6. The minimum Gasteiger partial charge on any atom is -0.495 e. The van der Waals surface area contributed by atoms with E-state index in [0.717, 1.165) is 18.2 Å². The lowest BCUT2D eigenvalue weighted by Gasteiger charge is -2.24. The van der Waals surface area contributed by atoms with E-state index in [1.165, 1.54) is 11.4 Å². The molecular formula is C16H26N2O4S. The van der Waals surface area contributed by atoms with E-state index in [4.69, 9.17) is 4.74 Å². The molecule has 0 aliphatic carbocycles. The summed E-state index contributed by atoms with van der Waals surface area (Å²) in [6, 6.07) is 5.38. The second-order valence-electron chi connectivity index (χ2n) is 5.64. The summed E-state index contributed by atoms with van der Waals surface area (Å²) >= 11 is 0. The van der Waals surface area contributed by atoms with Crippen LogP contribution >= 0.6 is 0 Å². The molecule has 0 heterocycles. The second kappa shape index (κ2) is 8.19. The van der Waals surface area contributed by atoms with Gasteiger partial charge in [-0.1, -0.05) is 13.0 Å². The lowest BCUT2D eigenvalue weighted by atomic mass is 10.2. The largest absolute Gasteiger partial charge is 0.495 e. The second-order valence-corrected chi connectivity index (χ2v) is 7.54. The number of aryl methyl sites for hydroxylation is 1. The molecule has 0 saturated carbocycles. The molecule has 0 aliphatic rings. The number of carbonyl (C=O) groups excluding carboxylic acids is 1. The molecule has 0 aliphatic heterocycles. The maximum absolute atomic E-state index is 12.1. The molecule has 0 spiro atoms. The van der Waals surface area contributed by atoms with Crippen molar-refractivity contribution in [3.8, 4) is 5.75 Å². The van der Waals surface area contributed by atoms with Crippen LogP contribution in [-0.2, 0) is 14.8 Å². The highest BCUT2D eigenvalue weighted by Crippen LogP contribution is 2.31. The first-order valence-electron chi connectivity index (χ1n) is 7.60. The fourth-order valence-electron chi connectivity index (χ4n) is 2.11. The van der Waals surface area contributed by atoms with Gasteiger partial charge in [0.05, 0.1) is 19.1 Å². The first-order valence-corrected chi connectivity index (χ1v) is 9.45. The zero-order chi connectivity index (χ0) is 17.6. The molecule has 1 unspecified atom stereocenters. The van der Waals surface area contributed by atoms with Crippen LogP contribution in [0.15, 0.2) is 18.2 Å². The van der Waals surface area contributed by atoms with Crippen LogP contribution in [0, 0.1) is 6.92 Å². The van der Waals surface area contributed by atoms with E-state index < -0.39 is 10.0 Å². The van der Waals surface area contributed by atoms with E-state index in [0.29, 0.717) is 11.4 Å². The Kier molecular flexibility index (Phi) is 6.87. The number of anilines is 1. The van der Waals surface area contributed by atoms with Gasteiger partial charge in [0.1, 0.15) is 5.75 Å². The van der Waals surface area contributed by atoms with E-state index in [-0.39, 0.29) is 24.9 Å². The molecule has 0 aromatic heterocycles. The Bertz CT molecular complexity index is 643. The number of rotatable bonds is 8. The maximum Gasteiger partial charge on any atom is 0.232 e. The van der Waals surface area contributed by atoms with E-state index in [1.807, 2.05) is 26.8 Å². The van der Waals surface area contributed by atoms with Crippen molar-refractivity contribution in [2.45, 2.75) is 39.7 Å². The van der Waals surface area contributed by atoms with Crippen LogP contribution < -0.4 is 14.4 Å². The fourth-order valence-corrected chi connectivity index (χ4v) is 3.03. The molecule has 6 nitrogen and oxygen atoms in total. The van der Waals surface area contributed by atoms with Crippen LogP contribution in [0.1, 0.15) is 32.3 Å². The predicted octanol–water partition coefficient (Wildman–Crippen LogP) is 2.07. The number of hydrogen-bond acceptors (Lipinski definition) is 4. The average Bonchev–Trinajstić information content (AvgIpc) is 2.46. The van der Waals surface area contributed by atoms with Gasteiger partial charge in [0, 0.05) is 19.0 Å². The van der Waals surface area contributed by atoms with Gasteiger partial charge in [-0.3, -0.25) is 9.10 Å². The molecular weight excluding hydrogens is 316 g/mol. The smallest absolute Gasteiger partial charge is 0.232 e. The highest BCUT2D eigenvalue weighted by Gasteiger charge is 2.22. The number of nitrogens with zero attached hydrogens (tertiary/aromatic N) is 1. The van der Waals surface area contributed by atoms with E-state index in [9.17, 15) is 13.2 Å². The van der Waals surface area contributed by atoms with Gasteiger partial charge < -0.3 is 10.1 Å². The Labute approximate surface area is 138 Å². The number of carbonyl (C=O) groups is 1. The van der Waals surface area contributed by atoms with Crippen LogP contribution in [0.25, 0.3) is 0 Å². The molecule has 0 saturated heterocycles. The number of benzene rings is 1. The highest BCUT2D eigenvalue weighted by molar-refractivity contribution is 7.92. The van der Waals surface area contributed by atoms with Crippen molar-refractivity contribution >= 4 is 21.6 Å². The molecule has 1 aromatic carbocycles. The molecule has 1 N–H and O–H groups in total. The Balaban J connectivity index is 3.00. The minimum atomic E-state index is -3.52. The van der Waals surface area contributed by atoms with Gasteiger partial charge in [0.15, 0.2) is 0 Å². The topological polar surface area (TPSA) is 75.7 Å². The molecule has 0 radical (unpaired) electrons. The number of ether oxygens (including phenoxy) is 1. The summed E-state index contributed by atoms with van der Waals surface area (Å²) in [6.07, 6.45) is 2.04. The summed E-state index contributed by atoms with van der Waals surface area (Å²) in [5, 5.41) is 2.84. The van der Waals surface area contributed by atoms with Crippen molar-refractivity contribution in [3.05, 3.63) is 23.8 Å². The predicted molar refractivity (Wildman–Crippen MR) is 92.4 cm³/mol. The van der Waals surface area contributed by atoms with Crippen LogP contribution in [-0.4, -0.2) is 40.3 Å². The van der Waals surface area contributed by atoms with Crippen molar-refractivity contribution in [2.24, 2.45) is 0 Å². The fraction of sp³-hybridized carbons (Fsp3) is 0.562. The van der Waals surface area contributed by atoms with E-state index in [2.05, 4.69) is 5.32 Å². The zero-order valence-corrected chi connectivity index (χ0v) is 15.2. The molecule has 130 valence electrons. The van der Waals surface area contributed by atoms with Crippen molar-refractivity contribution in [2.75, 3.05) is 24.2 Å². The first kappa shape index (κ1) is 19.3. The van der Waals surface area contributed by atoms with Crippen LogP contribution in [0.3, 0.4) is 0 Å². The van der Waals surface area contributed by atoms with Crippen LogP contribution in [0.4, 0.5) is 5.69 Å². The molecule has 0 fully saturated rings. The van der Waals surface area contributed by atoms with Gasteiger partial charge in [0.2, 0.25) is 15.9 Å². The van der Waals surface area contributed by atoms with Gasteiger partial charge in [-0.2, -0.15) is 0 Å². The number of hydrogen-bond donors (Lipinski definition) is 1. The molecule has 1 atom stereocenters. The molecule has 1 amide bonds. The quantitative estimate of drug-likeness (QED) is 0.785. The van der Waals surface area contributed by atoms with Gasteiger partial charge in [-0.05, 0) is 38.0 Å². The Morgan fingerprint density at radius 1 is 1.39 bits per heavy atom. The average molecular weight is 342 g/mol. The molecule has 1 aromatic rings. The third-order valence-electron chi connectivity index (χ3n) is 3.57. The van der Waals surface area contributed by atoms with Gasteiger partial charge >= 0.3 is 0 Å². The SMILES string of the molecule is CCC(C)NC(=O)CCN(c1cc(C)ccc1OC)S(C)(=O)=O. The Morgan fingerprint density at radius 2 is 2.04 bits per heavy atom. The number of methoxy groups -OCH3 is 1. The molecule has 0 bridgehead atoms. The maximum atomic E-state index is 12.1. The van der Waals surface area contributed by atoms with Crippen molar-refractivity contribution in [1.29, 1.82) is 0 Å². The molecule has 7 heteroatoms. The first-order chi connectivity index (χ1) is 10.7. The van der Waals surface area contributed by atoms with Gasteiger partial charge in [0.25, 0.3) is 0 Å². The van der Waals surface area contributed by atoms with Crippen molar-refractivity contribution < 1.29 is 17.9 Å². The van der Waals surface area contributed by atoms with E-state index >= 15 is 0 Å². The zero-order valence-electron chi connectivity index (χ0n) is 14.4. The minimum absolute atomic E-state index is 0.0704. The lowest BCUT2D eigenvalue weighted by Crippen LogP contribution is -2.37. The van der Waals surface area contributed by atoms with E-state index in [1.54, 1.807) is 12.1 Å². The van der Waals surface area contributed by atoms with Gasteiger partial charge in [-0.15, -0.1) is 0 Å². The van der Waals surface area contributed by atoms with Crippen molar-refractivity contribution in [3.63, 3.8) is 0 Å². The highest BCUT2D eigenvalue weighted by atomic mass is 32.2. The molecule has 23 heavy (non-hydrogen) atoms. The summed E-state index contributed by atoms with van der Waals surface area (Å²) in [6.45, 7) is 5.83. The number of nitrogens with one attached hydrogen (secondary N) is 1. The summed E-state index contributed by atoms with van der Waals surface area (Å²) in [5.41, 5.74) is 1.37. The summed E-state index contributed by atoms with van der Waals surface area (Å²) in [5.74, 6) is 0.294. The lowest BCUT2D eigenvalue weighted by molar-refractivity contribution is -0.121. The number of sulfonamides is 1. The van der Waals surface area contributed by atoms with Crippen LogP contribution in [0.5, 0.6) is 5.75 Å². The van der Waals surface area contributed by atoms with Crippen molar-refractivity contribution in [1.82, 2.24) is 5.32 Å². The standard InChI is InChI=1S/C16H26N2O4S/c1-6-13(3)17-16(19)9-10-18(23(5,20)21)14-11-12(2)7-8-15(14)22-4/h7-8,11,13H,6,9-10H2,1-5H3,(H,17,19). The summed E-state index contributed by atoms with van der Waals surface area (Å²) in [4.78, 5) is 11.9. The Morgan fingerprint density at radius 3 is 2.57 bits per heavy atom. The third-order valence-corrected chi connectivity index (χ3v) is 4.75. The summed E-state index contributed by atoms with van der Waals surface area (Å²) in [7, 11) is -2.03. The monoisotopic (exact) mass is 342 g/mol. The van der Waals surface area contributed by atoms with Gasteiger partial charge in [-0.25, -0.2) is 8.42 Å². The van der Waals surface area contributed by atoms with Crippen LogP contribution in [0.2, 0.25) is 0 Å². The summed E-state index contributed by atoms with van der Waals surface area (Å²) < 4.78 is 30.8. The Hall–Kier alpha value is -1.76. The molecule has 1 rings (SSSR count).